The van der Waals surface area contributed by atoms with Crippen LogP contribution in [0.3, 0.4) is 0 Å². The molecule has 3 amide bonds. The average molecular weight is 358 g/mol. The van der Waals surface area contributed by atoms with E-state index in [1.807, 2.05) is 0 Å². The molecule has 0 aromatic heterocycles. The summed E-state index contributed by atoms with van der Waals surface area (Å²) in [4.78, 5) is 40.1. The lowest BCUT2D eigenvalue weighted by molar-refractivity contribution is -0.147. The summed E-state index contributed by atoms with van der Waals surface area (Å²) in [6.07, 6.45) is 10.2. The van der Waals surface area contributed by atoms with Gasteiger partial charge in [-0.15, -0.1) is 0 Å². The third-order valence-corrected chi connectivity index (χ3v) is 8.31. The van der Waals surface area contributed by atoms with E-state index in [9.17, 15) is 14.4 Å². The smallest absolute Gasteiger partial charge is 0.323 e. The number of hydrogen-bond acceptors (Lipinski definition) is 3. The highest BCUT2D eigenvalue weighted by Gasteiger charge is 2.57. The quantitative estimate of drug-likeness (QED) is 0.788. The number of amides is 3. The van der Waals surface area contributed by atoms with Gasteiger partial charge in [-0.05, 0) is 87.9 Å². The van der Waals surface area contributed by atoms with Crippen LogP contribution in [-0.2, 0) is 9.59 Å². The molecule has 0 radical (unpaired) electrons. The first-order valence-corrected chi connectivity index (χ1v) is 10.6. The van der Waals surface area contributed by atoms with E-state index in [0.29, 0.717) is 36.5 Å². The lowest BCUT2D eigenvalue weighted by Crippen LogP contribution is -2.53. The Morgan fingerprint density at radius 2 is 1.58 bits per heavy atom. The van der Waals surface area contributed by atoms with Crippen molar-refractivity contribution in [1.82, 2.24) is 10.2 Å². The fraction of sp³-hybridized carbons (Fsp3) is 0.857. The molecule has 0 aromatic carbocycles. The Morgan fingerprint density at radius 3 is 2.12 bits per heavy atom. The van der Waals surface area contributed by atoms with E-state index in [1.165, 1.54) is 24.2 Å². The minimum atomic E-state index is -0.731. The second kappa shape index (κ2) is 5.56. The maximum absolute atomic E-state index is 13.3. The summed E-state index contributed by atoms with van der Waals surface area (Å²) in [5, 5.41) is 2.95. The van der Waals surface area contributed by atoms with E-state index in [1.54, 1.807) is 0 Å². The van der Waals surface area contributed by atoms with Crippen LogP contribution in [0.1, 0.15) is 71.1 Å². The number of rotatable bonds is 3. The molecule has 0 aromatic rings. The van der Waals surface area contributed by atoms with Crippen LogP contribution in [0.2, 0.25) is 0 Å². The Morgan fingerprint density at radius 1 is 1.04 bits per heavy atom. The van der Waals surface area contributed by atoms with Gasteiger partial charge < -0.3 is 5.32 Å². The molecule has 26 heavy (non-hydrogen) atoms. The molecule has 5 nitrogen and oxygen atoms in total. The minimum Gasteiger partial charge on any atom is -0.323 e. The predicted molar refractivity (Wildman–Crippen MR) is 96.2 cm³/mol. The topological polar surface area (TPSA) is 66.5 Å². The number of carbonyl (C=O) groups is 3. The summed E-state index contributed by atoms with van der Waals surface area (Å²) >= 11 is 0. The Hall–Kier alpha value is -1.39. The molecule has 5 heteroatoms. The predicted octanol–water partition coefficient (Wildman–Crippen LogP) is 3.27. The zero-order valence-electron chi connectivity index (χ0n) is 15.8. The second-order valence-electron chi connectivity index (χ2n) is 10.2. The average Bonchev–Trinajstić information content (AvgIpc) is 2.81. The van der Waals surface area contributed by atoms with Crippen molar-refractivity contribution in [2.75, 3.05) is 6.54 Å². The zero-order valence-corrected chi connectivity index (χ0v) is 15.8. The molecule has 0 unspecified atom stereocenters. The lowest BCUT2D eigenvalue weighted by atomic mass is 9.48. The third-order valence-electron chi connectivity index (χ3n) is 8.31. The minimum absolute atomic E-state index is 0.00582. The van der Waals surface area contributed by atoms with Gasteiger partial charge in [-0.25, -0.2) is 4.79 Å². The normalized spacial score (nSPS) is 46.9. The molecule has 1 spiro atoms. The fourth-order valence-corrected chi connectivity index (χ4v) is 7.18. The van der Waals surface area contributed by atoms with Gasteiger partial charge >= 0.3 is 6.03 Å². The highest BCUT2D eigenvalue weighted by atomic mass is 16.2. The van der Waals surface area contributed by atoms with Crippen molar-refractivity contribution in [3.05, 3.63) is 0 Å². The number of nitrogens with one attached hydrogen (secondary N) is 1. The fourth-order valence-electron chi connectivity index (χ4n) is 7.18. The first kappa shape index (κ1) is 16.8. The van der Waals surface area contributed by atoms with E-state index >= 15 is 0 Å². The Kier molecular flexibility index (Phi) is 3.58. The zero-order chi connectivity index (χ0) is 18.1. The van der Waals surface area contributed by atoms with Crippen molar-refractivity contribution >= 4 is 17.7 Å². The SMILES string of the molecule is CC1CCC2(CC1)NC(=O)N(CC(=O)C13CC4CC(CC(C4)C1)C3)C2=O. The van der Waals surface area contributed by atoms with Gasteiger partial charge in [-0.3, -0.25) is 14.5 Å². The van der Waals surface area contributed by atoms with Crippen LogP contribution >= 0.6 is 0 Å². The van der Waals surface area contributed by atoms with Crippen molar-refractivity contribution < 1.29 is 14.4 Å². The summed E-state index contributed by atoms with van der Waals surface area (Å²) in [6.45, 7) is 2.19. The molecule has 6 fully saturated rings. The van der Waals surface area contributed by atoms with Crippen LogP contribution in [0.15, 0.2) is 0 Å². The molecule has 1 N–H and O–H groups in total. The molecule has 6 rings (SSSR count). The van der Waals surface area contributed by atoms with Gasteiger partial charge in [-0.1, -0.05) is 6.92 Å². The number of Topliss-reactive ketones (excluding diaryl/α,β-unsaturated/α-hetero) is 1. The summed E-state index contributed by atoms with van der Waals surface area (Å²) in [5.41, 5.74) is -0.975. The van der Waals surface area contributed by atoms with Crippen LogP contribution in [0.25, 0.3) is 0 Å². The third kappa shape index (κ3) is 2.38. The van der Waals surface area contributed by atoms with Crippen molar-refractivity contribution in [2.45, 2.75) is 76.7 Å². The van der Waals surface area contributed by atoms with Crippen molar-refractivity contribution in [2.24, 2.45) is 29.1 Å². The largest absolute Gasteiger partial charge is 0.325 e. The van der Waals surface area contributed by atoms with E-state index in [2.05, 4.69) is 12.2 Å². The first-order valence-electron chi connectivity index (χ1n) is 10.6. The lowest BCUT2D eigenvalue weighted by Gasteiger charge is -2.56. The first-order chi connectivity index (χ1) is 12.4. The number of ketones is 1. The van der Waals surface area contributed by atoms with Crippen molar-refractivity contribution in [3.8, 4) is 0 Å². The van der Waals surface area contributed by atoms with Gasteiger partial charge in [-0.2, -0.15) is 0 Å². The summed E-state index contributed by atoms with van der Waals surface area (Å²) in [7, 11) is 0. The molecule has 4 bridgehead atoms. The number of nitrogens with zero attached hydrogens (tertiary/aromatic N) is 1. The summed E-state index contributed by atoms with van der Waals surface area (Å²) in [5.74, 6) is 2.69. The maximum Gasteiger partial charge on any atom is 0.325 e. The van der Waals surface area contributed by atoms with Crippen LogP contribution in [0, 0.1) is 29.1 Å². The van der Waals surface area contributed by atoms with E-state index in [-0.39, 0.29) is 29.7 Å². The maximum atomic E-state index is 13.3. The molecule has 5 saturated carbocycles. The van der Waals surface area contributed by atoms with Crippen LogP contribution < -0.4 is 5.32 Å². The van der Waals surface area contributed by atoms with E-state index < -0.39 is 5.54 Å². The van der Waals surface area contributed by atoms with Gasteiger partial charge in [0.05, 0.1) is 6.54 Å². The molecule has 1 saturated heterocycles. The Bertz CT molecular complexity index is 627. The molecule has 5 aliphatic carbocycles. The molecular formula is C21H30N2O3. The number of carbonyl (C=O) groups excluding carboxylic acids is 3. The molecular weight excluding hydrogens is 328 g/mol. The van der Waals surface area contributed by atoms with Crippen LogP contribution in [0.4, 0.5) is 4.79 Å². The molecule has 1 heterocycles. The standard InChI is InChI=1S/C21H30N2O3/c1-13-2-4-21(5-3-13)18(25)23(19(26)22-21)12-17(24)20-9-14-6-15(10-20)8-16(7-14)11-20/h13-16H,2-12H2,1H3,(H,22,26). The van der Waals surface area contributed by atoms with Gasteiger partial charge in [0, 0.05) is 5.41 Å². The molecule has 1 aliphatic heterocycles. The van der Waals surface area contributed by atoms with E-state index in [0.717, 1.165) is 32.1 Å². The van der Waals surface area contributed by atoms with Crippen LogP contribution in [0.5, 0.6) is 0 Å². The Balaban J connectivity index is 1.33. The van der Waals surface area contributed by atoms with Gasteiger partial charge in [0.15, 0.2) is 5.78 Å². The van der Waals surface area contributed by atoms with Crippen LogP contribution in [-0.4, -0.2) is 34.7 Å². The number of urea groups is 1. The van der Waals surface area contributed by atoms with Crippen molar-refractivity contribution in [1.29, 1.82) is 0 Å². The van der Waals surface area contributed by atoms with Gasteiger partial charge in [0.25, 0.3) is 5.91 Å². The van der Waals surface area contributed by atoms with Crippen molar-refractivity contribution in [3.63, 3.8) is 0 Å². The van der Waals surface area contributed by atoms with Gasteiger partial charge in [0.2, 0.25) is 0 Å². The highest BCUT2D eigenvalue weighted by Crippen LogP contribution is 2.60. The summed E-state index contributed by atoms with van der Waals surface area (Å²) < 4.78 is 0. The van der Waals surface area contributed by atoms with Gasteiger partial charge in [0.1, 0.15) is 5.54 Å². The van der Waals surface area contributed by atoms with E-state index in [4.69, 9.17) is 0 Å². The Labute approximate surface area is 155 Å². The molecule has 0 atom stereocenters. The second-order valence-corrected chi connectivity index (χ2v) is 10.2. The highest BCUT2D eigenvalue weighted by molar-refractivity contribution is 6.09. The number of hydrogen-bond donors (Lipinski definition) is 1. The monoisotopic (exact) mass is 358 g/mol. The molecule has 142 valence electrons. The number of imide groups is 1. The summed E-state index contributed by atoms with van der Waals surface area (Å²) in [6, 6.07) is -0.345. The molecule has 6 aliphatic rings.